The normalized spacial score (nSPS) is 12.9. The molecule has 0 saturated carbocycles. The Kier molecular flexibility index (Phi) is 11.5. The van der Waals surface area contributed by atoms with Crippen molar-refractivity contribution in [1.29, 1.82) is 0 Å². The first-order valence-electron chi connectivity index (χ1n) is 11.6. The van der Waals surface area contributed by atoms with Crippen molar-refractivity contribution >= 4 is 29.6 Å². The summed E-state index contributed by atoms with van der Waals surface area (Å²) in [6.45, 7) is 10.6. The lowest BCUT2D eigenvalue weighted by Crippen LogP contribution is -2.55. The number of hydrogen-bond donors (Lipinski definition) is 6. The second kappa shape index (κ2) is 13.5. The van der Waals surface area contributed by atoms with E-state index in [1.165, 1.54) is 0 Å². The number of urea groups is 1. The van der Waals surface area contributed by atoms with E-state index in [4.69, 9.17) is 10.5 Å². The Hall–Kier alpha value is -3.34. The first kappa shape index (κ1) is 29.7. The molecule has 11 heteroatoms. The number of benzene rings is 1. The highest BCUT2D eigenvalue weighted by Crippen LogP contribution is 2.17. The molecule has 7 N–H and O–H groups in total. The molecule has 0 unspecified atom stereocenters. The molecule has 196 valence electrons. The van der Waals surface area contributed by atoms with Gasteiger partial charge in [-0.15, -0.1) is 0 Å². The Morgan fingerprint density at radius 1 is 1.09 bits per heavy atom. The van der Waals surface area contributed by atoms with E-state index < -0.39 is 41.6 Å². The Morgan fingerprint density at radius 3 is 2.26 bits per heavy atom. The summed E-state index contributed by atoms with van der Waals surface area (Å²) in [5.41, 5.74) is 6.34. The van der Waals surface area contributed by atoms with Crippen LogP contribution in [-0.4, -0.2) is 53.3 Å². The molecule has 0 aliphatic carbocycles. The highest BCUT2D eigenvalue weighted by Gasteiger charge is 2.30. The number of aliphatic hydroxyl groups is 1. The minimum Gasteiger partial charge on any atom is -0.444 e. The zero-order chi connectivity index (χ0) is 26.8. The number of nitrogens with one attached hydrogen (secondary N) is 4. The lowest BCUT2D eigenvalue weighted by atomic mass is 10.0. The van der Waals surface area contributed by atoms with Gasteiger partial charge in [0.05, 0.1) is 6.61 Å². The molecule has 0 saturated heterocycles. The fraction of sp³-hybridized carbons (Fsp3) is 0.583. The lowest BCUT2D eigenvalue weighted by molar-refractivity contribution is -0.128. The molecule has 0 heterocycles. The molecule has 0 fully saturated rings. The summed E-state index contributed by atoms with van der Waals surface area (Å²) in [6, 6.07) is 2.54. The van der Waals surface area contributed by atoms with Gasteiger partial charge in [-0.25, -0.2) is 9.59 Å². The third kappa shape index (κ3) is 11.1. The fourth-order valence-electron chi connectivity index (χ4n) is 3.20. The molecule has 5 amide bonds. The molecule has 1 aromatic rings. The largest absolute Gasteiger partial charge is 0.444 e. The summed E-state index contributed by atoms with van der Waals surface area (Å²) < 4.78 is 5.25. The summed E-state index contributed by atoms with van der Waals surface area (Å²) >= 11 is 0. The number of aryl methyl sites for hydroxylation is 1. The summed E-state index contributed by atoms with van der Waals surface area (Å²) in [6.07, 6.45) is -0.157. The monoisotopic (exact) mass is 493 g/mol. The average Bonchev–Trinajstić information content (AvgIpc) is 2.73. The predicted octanol–water partition coefficient (Wildman–Crippen LogP) is 1.91. The number of ether oxygens (including phenoxy) is 1. The Labute approximate surface area is 206 Å². The number of carbonyl (C=O) groups is 4. The standard InChI is InChI=1S/C24H39N5O6/c1-14(2)19(29-23(34)35-24(4,5)6)21(32)28-18(8-7-11-26-22(25)33)20(31)27-17-10-9-16(13-30)12-15(17)3/h9-10,12,14,18-19,30H,7-8,11,13H2,1-6H3,(H,27,31)(H,28,32)(H,29,34)(H3,25,26,33)/t18-,19-/m0/s1. The van der Waals surface area contributed by atoms with Crippen molar-refractivity contribution in [2.75, 3.05) is 11.9 Å². The van der Waals surface area contributed by atoms with Crippen molar-refractivity contribution in [2.24, 2.45) is 11.7 Å². The van der Waals surface area contributed by atoms with Crippen LogP contribution in [0.4, 0.5) is 15.3 Å². The van der Waals surface area contributed by atoms with E-state index in [-0.39, 0.29) is 25.5 Å². The van der Waals surface area contributed by atoms with Crippen molar-refractivity contribution in [3.05, 3.63) is 29.3 Å². The van der Waals surface area contributed by atoms with Gasteiger partial charge in [0, 0.05) is 12.2 Å². The van der Waals surface area contributed by atoms with Gasteiger partial charge >= 0.3 is 12.1 Å². The molecular formula is C24H39N5O6. The molecule has 0 radical (unpaired) electrons. The van der Waals surface area contributed by atoms with E-state index in [9.17, 15) is 24.3 Å². The van der Waals surface area contributed by atoms with Gasteiger partial charge in [0.1, 0.15) is 17.7 Å². The number of amides is 5. The van der Waals surface area contributed by atoms with E-state index in [2.05, 4.69) is 21.3 Å². The number of hydrogen-bond acceptors (Lipinski definition) is 6. The second-order valence-electron chi connectivity index (χ2n) is 9.66. The number of anilines is 1. The molecule has 0 aromatic heterocycles. The van der Waals surface area contributed by atoms with Gasteiger partial charge in [-0.05, 0) is 63.6 Å². The number of aliphatic hydroxyl groups excluding tert-OH is 1. The van der Waals surface area contributed by atoms with Crippen molar-refractivity contribution < 1.29 is 29.0 Å². The summed E-state index contributed by atoms with van der Waals surface area (Å²) in [4.78, 5) is 49.3. The fourth-order valence-corrected chi connectivity index (χ4v) is 3.20. The molecule has 0 spiro atoms. The molecule has 1 aromatic carbocycles. The van der Waals surface area contributed by atoms with Gasteiger partial charge in [-0.1, -0.05) is 26.0 Å². The highest BCUT2D eigenvalue weighted by atomic mass is 16.6. The van der Waals surface area contributed by atoms with Crippen LogP contribution in [0.25, 0.3) is 0 Å². The maximum Gasteiger partial charge on any atom is 0.408 e. The van der Waals surface area contributed by atoms with E-state index in [0.717, 1.165) is 5.56 Å². The Bertz CT molecular complexity index is 897. The van der Waals surface area contributed by atoms with Crippen LogP contribution in [0, 0.1) is 12.8 Å². The molecule has 2 atom stereocenters. The molecule has 1 rings (SSSR count). The summed E-state index contributed by atoms with van der Waals surface area (Å²) in [5, 5.41) is 19.8. The van der Waals surface area contributed by atoms with Gasteiger partial charge in [-0.3, -0.25) is 9.59 Å². The van der Waals surface area contributed by atoms with E-state index in [0.29, 0.717) is 17.7 Å². The third-order valence-corrected chi connectivity index (χ3v) is 4.95. The highest BCUT2D eigenvalue weighted by molar-refractivity contribution is 5.98. The molecule has 11 nitrogen and oxygen atoms in total. The van der Waals surface area contributed by atoms with Gasteiger partial charge < -0.3 is 36.8 Å². The van der Waals surface area contributed by atoms with Crippen LogP contribution in [0.15, 0.2) is 18.2 Å². The first-order chi connectivity index (χ1) is 16.2. The first-order valence-corrected chi connectivity index (χ1v) is 11.6. The van der Waals surface area contributed by atoms with E-state index in [1.54, 1.807) is 59.7 Å². The van der Waals surface area contributed by atoms with Crippen LogP contribution >= 0.6 is 0 Å². The topological polar surface area (TPSA) is 172 Å². The van der Waals surface area contributed by atoms with Crippen LogP contribution in [0.5, 0.6) is 0 Å². The van der Waals surface area contributed by atoms with E-state index >= 15 is 0 Å². The maximum atomic E-state index is 13.1. The smallest absolute Gasteiger partial charge is 0.408 e. The third-order valence-electron chi connectivity index (χ3n) is 4.95. The van der Waals surface area contributed by atoms with Crippen LogP contribution in [0.1, 0.15) is 58.6 Å². The number of carbonyl (C=O) groups excluding carboxylic acids is 4. The van der Waals surface area contributed by atoms with Crippen molar-refractivity contribution in [3.63, 3.8) is 0 Å². The van der Waals surface area contributed by atoms with Gasteiger partial charge in [0.2, 0.25) is 11.8 Å². The number of primary amides is 1. The van der Waals surface area contributed by atoms with Crippen LogP contribution in [0.2, 0.25) is 0 Å². The molecule has 0 aliphatic rings. The number of nitrogens with two attached hydrogens (primary N) is 1. The van der Waals surface area contributed by atoms with Crippen LogP contribution in [-0.2, 0) is 20.9 Å². The van der Waals surface area contributed by atoms with Crippen molar-refractivity contribution in [3.8, 4) is 0 Å². The lowest BCUT2D eigenvalue weighted by Gasteiger charge is -2.27. The maximum absolute atomic E-state index is 13.1. The van der Waals surface area contributed by atoms with Gasteiger partial charge in [-0.2, -0.15) is 0 Å². The summed E-state index contributed by atoms with van der Waals surface area (Å²) in [7, 11) is 0. The second-order valence-corrected chi connectivity index (χ2v) is 9.66. The number of rotatable bonds is 11. The van der Waals surface area contributed by atoms with Crippen molar-refractivity contribution in [2.45, 2.75) is 78.7 Å². The minimum absolute atomic E-state index is 0.123. The molecular weight excluding hydrogens is 454 g/mol. The number of alkyl carbamates (subject to hydrolysis) is 1. The van der Waals surface area contributed by atoms with Gasteiger partial charge in [0.15, 0.2) is 0 Å². The molecule has 0 aliphatic heterocycles. The Morgan fingerprint density at radius 2 is 1.74 bits per heavy atom. The zero-order valence-electron chi connectivity index (χ0n) is 21.4. The van der Waals surface area contributed by atoms with Crippen molar-refractivity contribution in [1.82, 2.24) is 16.0 Å². The predicted molar refractivity (Wildman–Crippen MR) is 132 cm³/mol. The quantitative estimate of drug-likeness (QED) is 0.257. The van der Waals surface area contributed by atoms with Crippen LogP contribution < -0.4 is 27.0 Å². The summed E-state index contributed by atoms with van der Waals surface area (Å²) in [5.74, 6) is -1.28. The van der Waals surface area contributed by atoms with E-state index in [1.807, 2.05) is 0 Å². The zero-order valence-corrected chi connectivity index (χ0v) is 21.4. The molecule has 0 bridgehead atoms. The minimum atomic E-state index is -0.948. The Balaban J connectivity index is 2.99. The molecule has 35 heavy (non-hydrogen) atoms. The van der Waals surface area contributed by atoms with Crippen LogP contribution in [0.3, 0.4) is 0 Å². The van der Waals surface area contributed by atoms with Gasteiger partial charge in [0.25, 0.3) is 0 Å². The SMILES string of the molecule is Cc1cc(CO)ccc1NC(=O)[C@H](CCCNC(N)=O)NC(=O)[C@@H](NC(=O)OC(C)(C)C)C(C)C. The average molecular weight is 494 g/mol.